The fraction of sp³-hybridized carbons (Fsp3) is 0.500. The Morgan fingerprint density at radius 2 is 2.32 bits per heavy atom. The normalized spacial score (nSPS) is 28.6. The van der Waals surface area contributed by atoms with Gasteiger partial charge in [-0.25, -0.2) is 4.39 Å². The maximum atomic E-state index is 13.6. The van der Waals surface area contributed by atoms with Crippen LogP contribution in [0, 0.1) is 17.7 Å². The maximum Gasteiger partial charge on any atom is 0.237 e. The second-order valence-corrected chi connectivity index (χ2v) is 6.26. The molecule has 3 nitrogen and oxygen atoms in total. The molecule has 19 heavy (non-hydrogen) atoms. The molecule has 1 saturated heterocycles. The molecule has 1 amide bonds. The maximum absolute atomic E-state index is 13.6. The molecule has 0 radical (unpaired) electrons. The minimum Gasteiger partial charge on any atom is -0.351 e. The summed E-state index contributed by atoms with van der Waals surface area (Å²) >= 11 is 3.30. The van der Waals surface area contributed by atoms with Gasteiger partial charge in [0, 0.05) is 16.6 Å². The van der Waals surface area contributed by atoms with Crippen molar-refractivity contribution in [3.8, 4) is 0 Å². The predicted molar refractivity (Wildman–Crippen MR) is 74.0 cm³/mol. The Kier molecular flexibility index (Phi) is 3.58. The van der Waals surface area contributed by atoms with Crippen LogP contribution in [0.25, 0.3) is 0 Å². The summed E-state index contributed by atoms with van der Waals surface area (Å²) < 4.78 is 14.4. The van der Waals surface area contributed by atoms with Gasteiger partial charge >= 0.3 is 0 Å². The number of hydrogen-bond acceptors (Lipinski definition) is 2. The lowest BCUT2D eigenvalue weighted by Gasteiger charge is -2.32. The molecule has 1 saturated carbocycles. The van der Waals surface area contributed by atoms with Crippen LogP contribution in [0.3, 0.4) is 0 Å². The SMILES string of the molecule is O=C(NCc1cc(Br)ccc1F)[C@H]1NC[C@@H]2CC[C@@H]21. The Morgan fingerprint density at radius 3 is 3.00 bits per heavy atom. The molecule has 2 aliphatic rings. The molecule has 1 aliphatic heterocycles. The van der Waals surface area contributed by atoms with Crippen molar-refractivity contribution in [2.75, 3.05) is 6.54 Å². The van der Waals surface area contributed by atoms with E-state index in [1.807, 2.05) is 0 Å². The van der Waals surface area contributed by atoms with Crippen molar-refractivity contribution in [1.82, 2.24) is 10.6 Å². The summed E-state index contributed by atoms with van der Waals surface area (Å²) in [6, 6.07) is 4.66. The van der Waals surface area contributed by atoms with Gasteiger partial charge in [0.1, 0.15) is 5.82 Å². The molecule has 2 fully saturated rings. The predicted octanol–water partition coefficient (Wildman–Crippen LogP) is 2.20. The first-order valence-corrected chi connectivity index (χ1v) is 7.39. The van der Waals surface area contributed by atoms with Gasteiger partial charge in [-0.2, -0.15) is 0 Å². The number of benzene rings is 1. The van der Waals surface area contributed by atoms with Gasteiger partial charge < -0.3 is 10.6 Å². The van der Waals surface area contributed by atoms with Crippen molar-refractivity contribution in [2.45, 2.75) is 25.4 Å². The van der Waals surface area contributed by atoms with E-state index in [0.717, 1.165) is 17.4 Å². The Balaban J connectivity index is 1.60. The zero-order valence-corrected chi connectivity index (χ0v) is 12.0. The fourth-order valence-corrected chi connectivity index (χ4v) is 3.38. The third kappa shape index (κ3) is 2.54. The average molecular weight is 327 g/mol. The van der Waals surface area contributed by atoms with Gasteiger partial charge in [0.15, 0.2) is 0 Å². The second kappa shape index (κ2) is 5.21. The quantitative estimate of drug-likeness (QED) is 0.894. The third-order valence-electron chi connectivity index (χ3n) is 4.25. The van der Waals surface area contributed by atoms with E-state index in [1.54, 1.807) is 12.1 Å². The molecule has 102 valence electrons. The molecule has 0 aromatic heterocycles. The van der Waals surface area contributed by atoms with Gasteiger partial charge in [0.25, 0.3) is 0 Å². The number of halogens is 2. The highest BCUT2D eigenvalue weighted by Gasteiger charge is 2.45. The van der Waals surface area contributed by atoms with Crippen LogP contribution in [0.4, 0.5) is 4.39 Å². The van der Waals surface area contributed by atoms with E-state index in [-0.39, 0.29) is 24.3 Å². The minimum absolute atomic E-state index is 0.00780. The zero-order chi connectivity index (χ0) is 13.4. The van der Waals surface area contributed by atoms with Gasteiger partial charge in [0.05, 0.1) is 6.04 Å². The highest BCUT2D eigenvalue weighted by molar-refractivity contribution is 9.10. The van der Waals surface area contributed by atoms with Crippen LogP contribution in [0.15, 0.2) is 22.7 Å². The monoisotopic (exact) mass is 326 g/mol. The van der Waals surface area contributed by atoms with Crippen molar-refractivity contribution in [3.63, 3.8) is 0 Å². The molecule has 3 rings (SSSR count). The molecular formula is C14H16BrFN2O. The van der Waals surface area contributed by atoms with Crippen LogP contribution in [-0.2, 0) is 11.3 Å². The number of carbonyl (C=O) groups excluding carboxylic acids is 1. The summed E-state index contributed by atoms with van der Waals surface area (Å²) in [4.78, 5) is 12.1. The summed E-state index contributed by atoms with van der Waals surface area (Å²) in [5.74, 6) is 0.849. The van der Waals surface area contributed by atoms with E-state index < -0.39 is 0 Å². The van der Waals surface area contributed by atoms with E-state index >= 15 is 0 Å². The summed E-state index contributed by atoms with van der Waals surface area (Å²) in [5, 5.41) is 6.10. The number of fused-ring (bicyclic) bond motifs is 1. The molecule has 2 N–H and O–H groups in total. The molecule has 5 heteroatoms. The lowest BCUT2D eigenvalue weighted by Crippen LogP contribution is -2.45. The molecule has 1 heterocycles. The summed E-state index contributed by atoms with van der Waals surface area (Å²) in [5.41, 5.74) is 0.505. The van der Waals surface area contributed by atoms with Crippen molar-refractivity contribution < 1.29 is 9.18 Å². The largest absolute Gasteiger partial charge is 0.351 e. The lowest BCUT2D eigenvalue weighted by atomic mass is 9.73. The Hall–Kier alpha value is -0.940. The highest BCUT2D eigenvalue weighted by atomic mass is 79.9. The highest BCUT2D eigenvalue weighted by Crippen LogP contribution is 2.40. The van der Waals surface area contributed by atoms with Gasteiger partial charge in [0.2, 0.25) is 5.91 Å². The van der Waals surface area contributed by atoms with Gasteiger partial charge in [-0.05, 0) is 49.4 Å². The Morgan fingerprint density at radius 1 is 1.47 bits per heavy atom. The van der Waals surface area contributed by atoms with Crippen LogP contribution in [-0.4, -0.2) is 18.5 Å². The number of hydrogen-bond donors (Lipinski definition) is 2. The minimum atomic E-state index is -0.288. The molecule has 3 atom stereocenters. The molecular weight excluding hydrogens is 311 g/mol. The summed E-state index contributed by atoms with van der Waals surface area (Å²) in [6.45, 7) is 1.17. The molecule has 0 bridgehead atoms. The zero-order valence-electron chi connectivity index (χ0n) is 10.5. The smallest absolute Gasteiger partial charge is 0.237 e. The van der Waals surface area contributed by atoms with Crippen molar-refractivity contribution in [2.24, 2.45) is 11.8 Å². The lowest BCUT2D eigenvalue weighted by molar-refractivity contribution is -0.124. The molecule has 1 aliphatic carbocycles. The van der Waals surface area contributed by atoms with Gasteiger partial charge in [-0.15, -0.1) is 0 Å². The molecule has 0 spiro atoms. The van der Waals surface area contributed by atoms with E-state index in [9.17, 15) is 9.18 Å². The van der Waals surface area contributed by atoms with E-state index in [4.69, 9.17) is 0 Å². The molecule has 1 aromatic carbocycles. The topological polar surface area (TPSA) is 41.1 Å². The first kappa shape index (κ1) is 13.1. The summed E-state index contributed by atoms with van der Waals surface area (Å²) in [6.07, 6.45) is 2.35. The second-order valence-electron chi connectivity index (χ2n) is 5.34. The van der Waals surface area contributed by atoms with Crippen LogP contribution in [0.5, 0.6) is 0 Å². The molecule has 1 aromatic rings. The number of nitrogens with one attached hydrogen (secondary N) is 2. The van der Waals surface area contributed by atoms with Crippen molar-refractivity contribution in [3.05, 3.63) is 34.1 Å². The fourth-order valence-electron chi connectivity index (χ4n) is 2.98. The first-order chi connectivity index (χ1) is 9.15. The first-order valence-electron chi connectivity index (χ1n) is 6.60. The number of carbonyl (C=O) groups is 1. The van der Waals surface area contributed by atoms with Gasteiger partial charge in [-0.1, -0.05) is 15.9 Å². The van der Waals surface area contributed by atoms with E-state index in [2.05, 4.69) is 26.6 Å². The van der Waals surface area contributed by atoms with E-state index in [1.165, 1.54) is 12.5 Å². The van der Waals surface area contributed by atoms with Crippen LogP contribution in [0.1, 0.15) is 18.4 Å². The average Bonchev–Trinajstić information content (AvgIpc) is 2.65. The number of rotatable bonds is 3. The van der Waals surface area contributed by atoms with Gasteiger partial charge in [-0.3, -0.25) is 4.79 Å². The molecule has 0 unspecified atom stereocenters. The summed E-state index contributed by atoms with van der Waals surface area (Å²) in [7, 11) is 0. The van der Waals surface area contributed by atoms with Crippen molar-refractivity contribution in [1.29, 1.82) is 0 Å². The standard InChI is InChI=1S/C14H16BrFN2O/c15-10-2-4-12(16)9(5-10)7-18-14(19)13-11-3-1-8(11)6-17-13/h2,4-5,8,11,13,17H,1,3,6-7H2,(H,18,19)/t8-,11-,13-/m0/s1. The van der Waals surface area contributed by atoms with Crippen LogP contribution >= 0.6 is 15.9 Å². The van der Waals surface area contributed by atoms with Crippen LogP contribution in [0.2, 0.25) is 0 Å². The number of amides is 1. The Labute approximate surface area is 120 Å². The van der Waals surface area contributed by atoms with Crippen LogP contribution < -0.4 is 10.6 Å². The Bertz CT molecular complexity index is 508. The van der Waals surface area contributed by atoms with E-state index in [0.29, 0.717) is 17.4 Å². The van der Waals surface area contributed by atoms with Crippen molar-refractivity contribution >= 4 is 21.8 Å². The third-order valence-corrected chi connectivity index (χ3v) is 4.74.